The predicted molar refractivity (Wildman–Crippen MR) is 114 cm³/mol. The Morgan fingerprint density at radius 2 is 1.30 bits per heavy atom. The Labute approximate surface area is 171 Å². The Morgan fingerprint density at radius 3 is 1.90 bits per heavy atom. The third-order valence-corrected chi connectivity index (χ3v) is 4.94. The van der Waals surface area contributed by atoms with Crippen molar-refractivity contribution in [2.75, 3.05) is 6.61 Å². The molecular formula is C24H16N2O4. The summed E-state index contributed by atoms with van der Waals surface area (Å²) in [5.41, 5.74) is 2.81. The molecule has 5 rings (SSSR count). The van der Waals surface area contributed by atoms with Gasteiger partial charge in [0.2, 0.25) is 0 Å². The van der Waals surface area contributed by atoms with Crippen LogP contribution in [0.5, 0.6) is 5.75 Å². The molecule has 0 aliphatic rings. The first-order valence-electron chi connectivity index (χ1n) is 9.55. The van der Waals surface area contributed by atoms with Gasteiger partial charge in [-0.25, -0.2) is 19.6 Å². The van der Waals surface area contributed by atoms with Crippen molar-refractivity contribution in [1.29, 1.82) is 0 Å². The average Bonchev–Trinajstić information content (AvgIpc) is 2.78. The van der Waals surface area contributed by atoms with Crippen molar-refractivity contribution in [2.24, 2.45) is 0 Å². The maximum absolute atomic E-state index is 11.8. The molecule has 6 nitrogen and oxygen atoms in total. The van der Waals surface area contributed by atoms with Crippen molar-refractivity contribution in [3.63, 3.8) is 0 Å². The minimum absolute atomic E-state index is 0.101. The third-order valence-electron chi connectivity index (χ3n) is 4.94. The van der Waals surface area contributed by atoms with Crippen molar-refractivity contribution in [3.8, 4) is 5.75 Å². The SMILES string of the molecule is CCOC(=O)C(=O)Oc1ccc2nc3c4ccccc4c4ccccc4c3nc2c1. The molecule has 1 heterocycles. The van der Waals surface area contributed by atoms with Crippen molar-refractivity contribution in [3.05, 3.63) is 66.7 Å². The molecule has 0 spiro atoms. The second-order valence-corrected chi connectivity index (χ2v) is 6.77. The van der Waals surface area contributed by atoms with E-state index in [1.807, 2.05) is 36.4 Å². The average molecular weight is 396 g/mol. The number of hydrogen-bond donors (Lipinski definition) is 0. The Balaban J connectivity index is 1.72. The Kier molecular flexibility index (Phi) is 4.25. The van der Waals surface area contributed by atoms with E-state index in [1.165, 1.54) is 0 Å². The van der Waals surface area contributed by atoms with Gasteiger partial charge in [0.1, 0.15) is 5.75 Å². The normalized spacial score (nSPS) is 11.2. The summed E-state index contributed by atoms with van der Waals surface area (Å²) in [5.74, 6) is -1.89. The van der Waals surface area contributed by atoms with E-state index in [0.717, 1.165) is 32.6 Å². The second kappa shape index (κ2) is 7.08. The molecule has 0 fully saturated rings. The van der Waals surface area contributed by atoms with Crippen molar-refractivity contribution >= 4 is 55.6 Å². The van der Waals surface area contributed by atoms with Crippen LogP contribution in [0.4, 0.5) is 0 Å². The summed E-state index contributed by atoms with van der Waals surface area (Å²) in [6.45, 7) is 1.72. The molecule has 0 unspecified atom stereocenters. The van der Waals surface area contributed by atoms with Gasteiger partial charge in [-0.05, 0) is 29.8 Å². The molecule has 0 bridgehead atoms. The molecule has 0 saturated heterocycles. The lowest BCUT2D eigenvalue weighted by Crippen LogP contribution is -2.22. The van der Waals surface area contributed by atoms with Gasteiger partial charge in [0.05, 0.1) is 28.7 Å². The van der Waals surface area contributed by atoms with Crippen molar-refractivity contribution < 1.29 is 19.1 Å². The molecule has 0 atom stereocenters. The van der Waals surface area contributed by atoms with E-state index >= 15 is 0 Å². The first-order valence-corrected chi connectivity index (χ1v) is 9.55. The quantitative estimate of drug-likeness (QED) is 0.143. The number of hydrogen-bond acceptors (Lipinski definition) is 6. The molecule has 0 aliphatic heterocycles. The van der Waals surface area contributed by atoms with Gasteiger partial charge in [-0.15, -0.1) is 0 Å². The Bertz CT molecular complexity index is 1480. The van der Waals surface area contributed by atoms with Crippen molar-refractivity contribution in [1.82, 2.24) is 9.97 Å². The van der Waals surface area contributed by atoms with E-state index in [0.29, 0.717) is 11.0 Å². The van der Waals surface area contributed by atoms with Crippen LogP contribution in [0.25, 0.3) is 43.6 Å². The summed E-state index contributed by atoms with van der Waals surface area (Å²) >= 11 is 0. The monoisotopic (exact) mass is 396 g/mol. The van der Waals surface area contributed by atoms with Gasteiger partial charge < -0.3 is 9.47 Å². The van der Waals surface area contributed by atoms with E-state index in [2.05, 4.69) is 16.9 Å². The van der Waals surface area contributed by atoms with Crippen LogP contribution in [0.1, 0.15) is 6.92 Å². The molecule has 6 heteroatoms. The zero-order valence-electron chi connectivity index (χ0n) is 16.1. The summed E-state index contributed by atoms with van der Waals surface area (Å²) in [7, 11) is 0. The zero-order chi connectivity index (χ0) is 20.7. The molecule has 0 aliphatic carbocycles. The van der Waals surface area contributed by atoms with Crippen LogP contribution in [-0.4, -0.2) is 28.5 Å². The van der Waals surface area contributed by atoms with E-state index < -0.39 is 11.9 Å². The summed E-state index contributed by atoms with van der Waals surface area (Å²) in [6.07, 6.45) is 0. The number of esters is 2. The Morgan fingerprint density at radius 1 is 0.733 bits per heavy atom. The maximum Gasteiger partial charge on any atom is 0.422 e. The molecule has 0 N–H and O–H groups in total. The van der Waals surface area contributed by atoms with E-state index in [4.69, 9.17) is 14.7 Å². The predicted octanol–water partition coefficient (Wildman–Crippen LogP) is 4.56. The summed E-state index contributed by atoms with van der Waals surface area (Å²) in [6, 6.07) is 21.1. The van der Waals surface area contributed by atoms with Crippen molar-refractivity contribution in [2.45, 2.75) is 6.92 Å². The molecule has 146 valence electrons. The minimum atomic E-state index is -1.07. The third kappa shape index (κ3) is 2.90. The van der Waals surface area contributed by atoms with Crippen LogP contribution < -0.4 is 4.74 Å². The first-order chi connectivity index (χ1) is 14.7. The highest BCUT2D eigenvalue weighted by molar-refractivity contribution is 6.30. The van der Waals surface area contributed by atoms with Gasteiger partial charge in [0, 0.05) is 16.8 Å². The summed E-state index contributed by atoms with van der Waals surface area (Å²) in [4.78, 5) is 33.1. The fourth-order valence-corrected chi connectivity index (χ4v) is 3.66. The number of rotatable bonds is 2. The van der Waals surface area contributed by atoms with E-state index in [-0.39, 0.29) is 12.4 Å². The number of aromatic nitrogens is 2. The largest absolute Gasteiger partial charge is 0.458 e. The fraction of sp³-hybridized carbons (Fsp3) is 0.0833. The van der Waals surface area contributed by atoms with Crippen LogP contribution in [0, 0.1) is 0 Å². The van der Waals surface area contributed by atoms with Gasteiger partial charge in [-0.2, -0.15) is 0 Å². The lowest BCUT2D eigenvalue weighted by atomic mass is 9.99. The van der Waals surface area contributed by atoms with E-state index in [1.54, 1.807) is 25.1 Å². The number of carbonyl (C=O) groups is 2. The number of nitrogens with zero attached hydrogens (tertiary/aromatic N) is 2. The molecule has 0 amide bonds. The first kappa shape index (κ1) is 18.0. The number of benzene rings is 4. The fourth-order valence-electron chi connectivity index (χ4n) is 3.66. The summed E-state index contributed by atoms with van der Waals surface area (Å²) < 4.78 is 9.79. The minimum Gasteiger partial charge on any atom is -0.458 e. The van der Waals surface area contributed by atoms with Gasteiger partial charge >= 0.3 is 11.9 Å². The van der Waals surface area contributed by atoms with Gasteiger partial charge in [-0.3, -0.25) is 0 Å². The second-order valence-electron chi connectivity index (χ2n) is 6.77. The van der Waals surface area contributed by atoms with E-state index in [9.17, 15) is 9.59 Å². The highest BCUT2D eigenvalue weighted by Crippen LogP contribution is 2.34. The molecule has 30 heavy (non-hydrogen) atoms. The number of carbonyl (C=O) groups excluding carboxylic acids is 2. The smallest absolute Gasteiger partial charge is 0.422 e. The lowest BCUT2D eigenvalue weighted by molar-refractivity contribution is -0.161. The van der Waals surface area contributed by atoms with Crippen LogP contribution in [-0.2, 0) is 14.3 Å². The topological polar surface area (TPSA) is 78.4 Å². The summed E-state index contributed by atoms with van der Waals surface area (Å²) in [5, 5.41) is 4.24. The lowest BCUT2D eigenvalue weighted by Gasteiger charge is -2.10. The Hall–Kier alpha value is -4.06. The maximum atomic E-state index is 11.8. The molecule has 5 aromatic rings. The van der Waals surface area contributed by atoms with Gasteiger partial charge in [0.25, 0.3) is 0 Å². The molecule has 1 aromatic heterocycles. The zero-order valence-corrected chi connectivity index (χ0v) is 16.1. The molecular weight excluding hydrogens is 380 g/mol. The molecule has 0 saturated carbocycles. The highest BCUT2D eigenvalue weighted by Gasteiger charge is 2.18. The standard InChI is InChI=1S/C24H16N2O4/c1-2-29-23(27)24(28)30-14-11-12-19-20(13-14)26-22-18-10-6-4-8-16(18)15-7-3-5-9-17(15)21(22)25-19/h3-13H,2H2,1H3. The number of ether oxygens (including phenoxy) is 2. The highest BCUT2D eigenvalue weighted by atomic mass is 16.6. The van der Waals surface area contributed by atoms with Crippen LogP contribution in [0.3, 0.4) is 0 Å². The van der Waals surface area contributed by atoms with Gasteiger partial charge in [0.15, 0.2) is 0 Å². The van der Waals surface area contributed by atoms with Crippen LogP contribution in [0.2, 0.25) is 0 Å². The van der Waals surface area contributed by atoms with Gasteiger partial charge in [-0.1, -0.05) is 48.5 Å². The molecule has 0 radical (unpaired) electrons. The van der Waals surface area contributed by atoms with Crippen LogP contribution in [0.15, 0.2) is 66.7 Å². The van der Waals surface area contributed by atoms with Crippen LogP contribution >= 0.6 is 0 Å². The number of fused-ring (bicyclic) bond motifs is 7. The molecule has 4 aromatic carbocycles.